The molecule has 2 fully saturated rings. The Kier molecular flexibility index (Phi) is 3.39. The summed E-state index contributed by atoms with van der Waals surface area (Å²) in [5.41, 5.74) is 0. The molecule has 7 nitrogen and oxygen atoms in total. The summed E-state index contributed by atoms with van der Waals surface area (Å²) in [6.45, 7) is 0.118. The Labute approximate surface area is 117 Å². The van der Waals surface area contributed by atoms with E-state index in [2.05, 4.69) is 10.3 Å². The summed E-state index contributed by atoms with van der Waals surface area (Å²) in [7, 11) is 3.75. The fourth-order valence-electron chi connectivity index (χ4n) is 2.90. The summed E-state index contributed by atoms with van der Waals surface area (Å²) in [4.78, 5) is 19.9. The summed E-state index contributed by atoms with van der Waals surface area (Å²) in [5, 5.41) is 12.1. The van der Waals surface area contributed by atoms with E-state index in [1.807, 2.05) is 25.1 Å². The van der Waals surface area contributed by atoms with E-state index < -0.39 is 0 Å². The maximum absolute atomic E-state index is 12.2. The van der Waals surface area contributed by atoms with Crippen LogP contribution in [0.3, 0.4) is 0 Å². The molecule has 1 aliphatic carbocycles. The van der Waals surface area contributed by atoms with E-state index in [0.29, 0.717) is 0 Å². The Hall–Kier alpha value is -1.60. The van der Waals surface area contributed by atoms with Crippen LogP contribution in [0.4, 0.5) is 4.79 Å². The summed E-state index contributed by atoms with van der Waals surface area (Å²) in [6, 6.07) is -0.140. The van der Waals surface area contributed by atoms with E-state index in [1.54, 1.807) is 17.4 Å². The molecule has 2 unspecified atom stereocenters. The van der Waals surface area contributed by atoms with Crippen molar-refractivity contribution in [2.24, 2.45) is 10.9 Å². The van der Waals surface area contributed by atoms with E-state index in [0.717, 1.165) is 6.42 Å². The van der Waals surface area contributed by atoms with E-state index in [1.165, 1.54) is 0 Å². The third-order valence-electron chi connectivity index (χ3n) is 3.93. The summed E-state index contributed by atoms with van der Waals surface area (Å²) >= 11 is 0. The lowest BCUT2D eigenvalue weighted by molar-refractivity contribution is 0.128. The molecule has 0 aromatic heterocycles. The van der Waals surface area contributed by atoms with Crippen LogP contribution in [0.1, 0.15) is 6.42 Å². The lowest BCUT2D eigenvalue weighted by atomic mass is 10.1. The fourth-order valence-corrected chi connectivity index (χ4v) is 2.90. The molecule has 7 heteroatoms. The second-order valence-corrected chi connectivity index (χ2v) is 5.68. The van der Waals surface area contributed by atoms with Gasteiger partial charge in [-0.2, -0.15) is 0 Å². The number of hydrogen-bond donors (Lipinski definition) is 2. The van der Waals surface area contributed by atoms with Gasteiger partial charge in [0, 0.05) is 32.8 Å². The van der Waals surface area contributed by atoms with Crippen LogP contribution in [0.25, 0.3) is 0 Å². The molecule has 1 saturated heterocycles. The quantitative estimate of drug-likeness (QED) is 0.417. The maximum Gasteiger partial charge on any atom is 0.323 e. The molecule has 20 heavy (non-hydrogen) atoms. The number of aliphatic hydroxyl groups is 1. The van der Waals surface area contributed by atoms with Gasteiger partial charge in [-0.3, -0.25) is 4.90 Å². The Morgan fingerprint density at radius 2 is 2.40 bits per heavy atom. The monoisotopic (exact) mass is 280 g/mol. The summed E-state index contributed by atoms with van der Waals surface area (Å²) in [5.74, 6) is 0.149. The zero-order valence-electron chi connectivity index (χ0n) is 11.6. The third-order valence-corrected chi connectivity index (χ3v) is 3.93. The standard InChI is InChI=1S/C13H20N4O3/c1-16(2)7-14-10-3-4-17(13(19)15-10)9-5-8(6-18)11-12(9)20-11/h3-4,7-12,18H,5-6H2,1-2H3,(H,15,19)/b14-7-/t8-,9-,10?,11?,12-/m1/s1. The zero-order valence-corrected chi connectivity index (χ0v) is 11.6. The highest BCUT2D eigenvalue weighted by Gasteiger charge is 2.58. The predicted molar refractivity (Wildman–Crippen MR) is 73.1 cm³/mol. The number of nitrogens with one attached hydrogen (secondary N) is 1. The van der Waals surface area contributed by atoms with Crippen molar-refractivity contribution in [2.45, 2.75) is 30.8 Å². The first-order chi connectivity index (χ1) is 9.60. The van der Waals surface area contributed by atoms with Gasteiger partial charge < -0.3 is 20.1 Å². The molecular weight excluding hydrogens is 260 g/mol. The second kappa shape index (κ2) is 5.06. The van der Waals surface area contributed by atoms with Gasteiger partial charge in [-0.25, -0.2) is 9.79 Å². The van der Waals surface area contributed by atoms with Crippen molar-refractivity contribution in [3.05, 3.63) is 12.3 Å². The second-order valence-electron chi connectivity index (χ2n) is 5.68. The van der Waals surface area contributed by atoms with Crippen molar-refractivity contribution in [1.29, 1.82) is 0 Å². The van der Waals surface area contributed by atoms with Crippen LogP contribution in [-0.4, -0.2) is 72.4 Å². The highest BCUT2D eigenvalue weighted by molar-refractivity contribution is 5.78. The summed E-state index contributed by atoms with van der Waals surface area (Å²) < 4.78 is 5.52. The van der Waals surface area contributed by atoms with Crippen LogP contribution in [0.5, 0.6) is 0 Å². The Bertz CT molecular complexity index is 451. The average Bonchev–Trinajstić information content (AvgIpc) is 3.12. The SMILES string of the molecule is CN(C)/C=N\C1C=CN([C@@H]2C[C@H](CO)C3O[C@@H]32)C(=O)N1. The third kappa shape index (κ3) is 2.38. The molecule has 5 atom stereocenters. The van der Waals surface area contributed by atoms with Crippen LogP contribution in [-0.2, 0) is 4.74 Å². The first kappa shape index (κ1) is 13.4. The van der Waals surface area contributed by atoms with Gasteiger partial charge in [-0.05, 0) is 12.5 Å². The van der Waals surface area contributed by atoms with Gasteiger partial charge >= 0.3 is 6.03 Å². The van der Waals surface area contributed by atoms with Gasteiger partial charge in [-0.1, -0.05) is 0 Å². The molecule has 1 saturated carbocycles. The average molecular weight is 280 g/mol. The number of hydrogen-bond acceptors (Lipinski definition) is 4. The van der Waals surface area contributed by atoms with E-state index in [9.17, 15) is 9.90 Å². The number of nitrogens with zero attached hydrogens (tertiary/aromatic N) is 3. The van der Waals surface area contributed by atoms with Crippen LogP contribution in [0.2, 0.25) is 0 Å². The maximum atomic E-state index is 12.2. The number of fused-ring (bicyclic) bond motifs is 1. The molecule has 2 heterocycles. The van der Waals surface area contributed by atoms with Crippen molar-refractivity contribution in [3.8, 4) is 0 Å². The van der Waals surface area contributed by atoms with Gasteiger partial charge in [0.2, 0.25) is 0 Å². The largest absolute Gasteiger partial charge is 0.396 e. The zero-order chi connectivity index (χ0) is 14.3. The molecule has 2 N–H and O–H groups in total. The molecule has 0 spiro atoms. The van der Waals surface area contributed by atoms with E-state index in [4.69, 9.17) is 4.74 Å². The Morgan fingerprint density at radius 3 is 3.00 bits per heavy atom. The summed E-state index contributed by atoms with van der Waals surface area (Å²) in [6.07, 6.45) is 5.95. The van der Waals surface area contributed by atoms with Crippen LogP contribution in [0.15, 0.2) is 17.3 Å². The number of carbonyl (C=O) groups excluding carboxylic acids is 1. The highest BCUT2D eigenvalue weighted by atomic mass is 16.6. The van der Waals surface area contributed by atoms with Gasteiger partial charge in [0.1, 0.15) is 12.3 Å². The smallest absolute Gasteiger partial charge is 0.323 e. The van der Waals surface area contributed by atoms with Gasteiger partial charge in [-0.15, -0.1) is 0 Å². The molecule has 0 bridgehead atoms. The molecule has 2 aliphatic heterocycles. The molecule has 0 aromatic carbocycles. The van der Waals surface area contributed by atoms with E-state index >= 15 is 0 Å². The number of urea groups is 1. The number of carbonyl (C=O) groups is 1. The molecule has 3 rings (SSSR count). The fraction of sp³-hybridized carbons (Fsp3) is 0.692. The lowest BCUT2D eigenvalue weighted by Gasteiger charge is -2.31. The van der Waals surface area contributed by atoms with E-state index in [-0.39, 0.29) is 43.0 Å². The molecule has 0 aromatic rings. The molecule has 2 amide bonds. The van der Waals surface area contributed by atoms with Crippen molar-refractivity contribution in [2.75, 3.05) is 20.7 Å². The number of aliphatic hydroxyl groups excluding tert-OH is 1. The first-order valence-electron chi connectivity index (χ1n) is 6.83. The number of aliphatic imine (C=N–C) groups is 1. The lowest BCUT2D eigenvalue weighted by Crippen LogP contribution is -2.50. The highest BCUT2D eigenvalue weighted by Crippen LogP contribution is 2.45. The van der Waals surface area contributed by atoms with Gasteiger partial charge in [0.15, 0.2) is 0 Å². The van der Waals surface area contributed by atoms with Gasteiger partial charge in [0.25, 0.3) is 0 Å². The van der Waals surface area contributed by atoms with Crippen LogP contribution < -0.4 is 5.32 Å². The van der Waals surface area contributed by atoms with Crippen molar-refractivity contribution in [1.82, 2.24) is 15.1 Å². The van der Waals surface area contributed by atoms with Crippen molar-refractivity contribution >= 4 is 12.4 Å². The van der Waals surface area contributed by atoms with Crippen LogP contribution in [0, 0.1) is 5.92 Å². The molecule has 110 valence electrons. The first-order valence-corrected chi connectivity index (χ1v) is 6.83. The number of rotatable bonds is 4. The Balaban J connectivity index is 1.65. The van der Waals surface area contributed by atoms with Gasteiger partial charge in [0.05, 0.1) is 18.5 Å². The molecular formula is C13H20N4O3. The minimum Gasteiger partial charge on any atom is -0.396 e. The number of epoxide rings is 1. The molecule has 0 radical (unpaired) electrons. The molecule has 3 aliphatic rings. The topological polar surface area (TPSA) is 80.7 Å². The normalized spacial score (nSPS) is 39.0. The minimum atomic E-state index is -0.327. The Morgan fingerprint density at radius 1 is 1.60 bits per heavy atom. The predicted octanol–water partition coefficient (Wildman–Crippen LogP) is -0.410. The van der Waals surface area contributed by atoms with Crippen molar-refractivity contribution < 1.29 is 14.6 Å². The van der Waals surface area contributed by atoms with Crippen LogP contribution >= 0.6 is 0 Å². The number of amides is 2. The number of ether oxygens (including phenoxy) is 1. The van der Waals surface area contributed by atoms with Crippen molar-refractivity contribution in [3.63, 3.8) is 0 Å². The minimum absolute atomic E-state index is 0.0205.